The maximum absolute atomic E-state index is 8.35. The van der Waals surface area contributed by atoms with Crippen molar-refractivity contribution in [2.45, 2.75) is 0 Å². The van der Waals surface area contributed by atoms with Gasteiger partial charge in [-0.1, -0.05) is 11.2 Å². The van der Waals surface area contributed by atoms with Gasteiger partial charge in [0.1, 0.15) is 17.5 Å². The van der Waals surface area contributed by atoms with Gasteiger partial charge < -0.3 is 14.9 Å². The molecule has 2 aromatic rings. The summed E-state index contributed by atoms with van der Waals surface area (Å²) in [7, 11) is 1.59. The molecular formula is C9H9N3O2. The van der Waals surface area contributed by atoms with Crippen molar-refractivity contribution >= 4 is 17.2 Å². The van der Waals surface area contributed by atoms with Crippen LogP contribution in [0, 0.1) is 0 Å². The van der Waals surface area contributed by atoms with Crippen molar-refractivity contribution in [2.75, 3.05) is 7.11 Å². The van der Waals surface area contributed by atoms with Crippen LogP contribution < -0.4 is 4.74 Å². The lowest BCUT2D eigenvalue weighted by Crippen LogP contribution is -1.84. The largest absolute Gasteiger partial charge is 0.494 e. The van der Waals surface area contributed by atoms with E-state index in [0.717, 1.165) is 11.0 Å². The number of rotatable bonds is 2. The van der Waals surface area contributed by atoms with E-state index >= 15 is 0 Å². The Bertz CT molecular complexity index is 476. The number of oxime groups is 1. The van der Waals surface area contributed by atoms with Crippen molar-refractivity contribution in [1.82, 2.24) is 9.97 Å². The van der Waals surface area contributed by atoms with Gasteiger partial charge >= 0.3 is 0 Å². The topological polar surface area (TPSA) is 70.5 Å². The molecule has 2 N–H and O–H groups in total. The highest BCUT2D eigenvalue weighted by molar-refractivity contribution is 5.87. The van der Waals surface area contributed by atoms with E-state index in [1.54, 1.807) is 7.11 Å². The first kappa shape index (κ1) is 8.55. The summed E-state index contributed by atoms with van der Waals surface area (Å²) in [5, 5.41) is 11.2. The number of imidazole rings is 1. The Hall–Kier alpha value is -2.04. The molecule has 5 heteroatoms. The van der Waals surface area contributed by atoms with Crippen molar-refractivity contribution in [3.05, 3.63) is 24.0 Å². The van der Waals surface area contributed by atoms with E-state index in [-0.39, 0.29) is 0 Å². The number of aromatic nitrogens is 2. The third kappa shape index (κ3) is 1.28. The highest BCUT2D eigenvalue weighted by Crippen LogP contribution is 2.22. The fourth-order valence-corrected chi connectivity index (χ4v) is 1.31. The molecule has 0 bridgehead atoms. The Labute approximate surface area is 80.0 Å². The van der Waals surface area contributed by atoms with Crippen LogP contribution in [-0.4, -0.2) is 28.5 Å². The molecule has 14 heavy (non-hydrogen) atoms. The van der Waals surface area contributed by atoms with Gasteiger partial charge in [0, 0.05) is 0 Å². The standard InChI is InChI=1S/C9H9N3O2/c1-14-7-4-2-3-6-9(7)12-8(11-6)5-10-13/h2-5,13H,1H3,(H,11,12)/b10-5+. The highest BCUT2D eigenvalue weighted by Gasteiger charge is 2.05. The predicted molar refractivity (Wildman–Crippen MR) is 52.0 cm³/mol. The van der Waals surface area contributed by atoms with Crippen LogP contribution in [0.4, 0.5) is 0 Å². The van der Waals surface area contributed by atoms with Crippen LogP contribution in [0.15, 0.2) is 23.4 Å². The Balaban J connectivity index is 2.64. The fourth-order valence-electron chi connectivity index (χ4n) is 1.31. The zero-order valence-corrected chi connectivity index (χ0v) is 7.56. The number of benzene rings is 1. The molecule has 0 saturated carbocycles. The molecule has 5 nitrogen and oxygen atoms in total. The number of fused-ring (bicyclic) bond motifs is 1. The molecule has 0 amide bonds. The zero-order chi connectivity index (χ0) is 9.97. The maximum Gasteiger partial charge on any atom is 0.153 e. The summed E-state index contributed by atoms with van der Waals surface area (Å²) in [4.78, 5) is 7.15. The monoisotopic (exact) mass is 191 g/mol. The smallest absolute Gasteiger partial charge is 0.153 e. The van der Waals surface area contributed by atoms with Crippen LogP contribution >= 0.6 is 0 Å². The van der Waals surface area contributed by atoms with Crippen molar-refractivity contribution in [3.63, 3.8) is 0 Å². The summed E-state index contributed by atoms with van der Waals surface area (Å²) in [6, 6.07) is 5.56. The first-order valence-electron chi connectivity index (χ1n) is 4.05. The number of nitrogens with zero attached hydrogens (tertiary/aromatic N) is 2. The van der Waals surface area contributed by atoms with Gasteiger partial charge in [-0.05, 0) is 12.1 Å². The van der Waals surface area contributed by atoms with E-state index in [0.29, 0.717) is 11.6 Å². The molecule has 1 aromatic carbocycles. The summed E-state index contributed by atoms with van der Waals surface area (Å²) in [5.74, 6) is 1.18. The van der Waals surface area contributed by atoms with E-state index in [2.05, 4.69) is 15.1 Å². The molecule has 0 saturated heterocycles. The van der Waals surface area contributed by atoms with Gasteiger partial charge in [-0.3, -0.25) is 0 Å². The maximum atomic E-state index is 8.35. The Morgan fingerprint density at radius 1 is 1.57 bits per heavy atom. The number of aromatic amines is 1. The second kappa shape index (κ2) is 3.37. The second-order valence-electron chi connectivity index (χ2n) is 2.72. The molecule has 0 aliphatic rings. The predicted octanol–water partition coefficient (Wildman–Crippen LogP) is 1.38. The van der Waals surface area contributed by atoms with Crippen LogP contribution in [0.1, 0.15) is 5.82 Å². The van der Waals surface area contributed by atoms with Gasteiger partial charge in [-0.15, -0.1) is 0 Å². The number of H-pyrrole nitrogens is 1. The van der Waals surface area contributed by atoms with Gasteiger partial charge in [0.25, 0.3) is 0 Å². The van der Waals surface area contributed by atoms with Crippen LogP contribution in [-0.2, 0) is 0 Å². The normalized spacial score (nSPS) is 11.2. The molecule has 0 spiro atoms. The summed E-state index contributed by atoms with van der Waals surface area (Å²) in [6.07, 6.45) is 1.24. The van der Waals surface area contributed by atoms with Crippen LogP contribution in [0.5, 0.6) is 5.75 Å². The lowest BCUT2D eigenvalue weighted by molar-refractivity contribution is 0.321. The second-order valence-corrected chi connectivity index (χ2v) is 2.72. The third-order valence-electron chi connectivity index (χ3n) is 1.89. The van der Waals surface area contributed by atoms with E-state index < -0.39 is 0 Å². The minimum absolute atomic E-state index is 0.493. The van der Waals surface area contributed by atoms with E-state index in [4.69, 9.17) is 9.94 Å². The fraction of sp³-hybridized carbons (Fsp3) is 0.111. The molecule has 0 aliphatic heterocycles. The first-order chi connectivity index (χ1) is 6.85. The number of methoxy groups -OCH3 is 1. The quantitative estimate of drug-likeness (QED) is 0.428. The summed E-state index contributed by atoms with van der Waals surface area (Å²) < 4.78 is 5.13. The average Bonchev–Trinajstić information content (AvgIpc) is 2.60. The third-order valence-corrected chi connectivity index (χ3v) is 1.89. The minimum atomic E-state index is 0.493. The van der Waals surface area contributed by atoms with E-state index in [1.165, 1.54) is 6.21 Å². The molecule has 0 unspecified atom stereocenters. The van der Waals surface area contributed by atoms with Crippen molar-refractivity contribution in [1.29, 1.82) is 0 Å². The van der Waals surface area contributed by atoms with E-state index in [1.807, 2.05) is 18.2 Å². The first-order valence-corrected chi connectivity index (χ1v) is 4.05. The van der Waals surface area contributed by atoms with Crippen LogP contribution in [0.3, 0.4) is 0 Å². The Kier molecular flexibility index (Phi) is 2.06. The molecule has 0 aliphatic carbocycles. The number of hydrogen-bond acceptors (Lipinski definition) is 4. The Morgan fingerprint density at radius 3 is 3.14 bits per heavy atom. The van der Waals surface area contributed by atoms with Crippen LogP contribution in [0.2, 0.25) is 0 Å². The highest BCUT2D eigenvalue weighted by atomic mass is 16.5. The van der Waals surface area contributed by atoms with Crippen molar-refractivity contribution in [3.8, 4) is 5.75 Å². The number of hydrogen-bond donors (Lipinski definition) is 2. The molecule has 1 aromatic heterocycles. The zero-order valence-electron chi connectivity index (χ0n) is 7.56. The molecule has 1 heterocycles. The molecule has 72 valence electrons. The SMILES string of the molecule is COc1cccc2[nH]c(/C=N/O)nc12. The molecule has 0 atom stereocenters. The van der Waals surface area contributed by atoms with Gasteiger partial charge in [-0.25, -0.2) is 4.98 Å². The van der Waals surface area contributed by atoms with Crippen LogP contribution in [0.25, 0.3) is 11.0 Å². The molecule has 0 radical (unpaired) electrons. The van der Waals surface area contributed by atoms with Gasteiger partial charge in [0.15, 0.2) is 5.82 Å². The number of nitrogens with one attached hydrogen (secondary N) is 1. The summed E-state index contributed by atoms with van der Waals surface area (Å²) in [6.45, 7) is 0. The van der Waals surface area contributed by atoms with Crippen molar-refractivity contribution < 1.29 is 9.94 Å². The van der Waals surface area contributed by atoms with Crippen molar-refractivity contribution in [2.24, 2.45) is 5.16 Å². The van der Waals surface area contributed by atoms with Gasteiger partial charge in [-0.2, -0.15) is 0 Å². The number of ether oxygens (including phenoxy) is 1. The minimum Gasteiger partial charge on any atom is -0.494 e. The summed E-state index contributed by atoms with van der Waals surface area (Å²) in [5.41, 5.74) is 1.57. The molecule has 2 rings (SSSR count). The van der Waals surface area contributed by atoms with Gasteiger partial charge in [0.05, 0.1) is 12.6 Å². The molecular weight excluding hydrogens is 182 g/mol. The number of para-hydroxylation sites is 1. The average molecular weight is 191 g/mol. The Morgan fingerprint density at radius 2 is 2.43 bits per heavy atom. The molecule has 0 fully saturated rings. The van der Waals surface area contributed by atoms with Gasteiger partial charge in [0.2, 0.25) is 0 Å². The van der Waals surface area contributed by atoms with E-state index in [9.17, 15) is 0 Å². The summed E-state index contributed by atoms with van der Waals surface area (Å²) >= 11 is 0. The lowest BCUT2D eigenvalue weighted by Gasteiger charge is -1.97. The lowest BCUT2D eigenvalue weighted by atomic mass is 10.3.